The van der Waals surface area contributed by atoms with Gasteiger partial charge in [0.2, 0.25) is 0 Å². The Morgan fingerprint density at radius 3 is 2.44 bits per heavy atom. The van der Waals surface area contributed by atoms with Gasteiger partial charge in [-0.2, -0.15) is 0 Å². The van der Waals surface area contributed by atoms with E-state index in [1.807, 2.05) is 31.3 Å². The molecule has 2 rings (SSSR count). The molecule has 2 aromatic rings. The Labute approximate surface area is 126 Å². The van der Waals surface area contributed by atoms with Crippen LogP contribution in [0.25, 0.3) is 0 Å². The fraction of sp³-hybridized carbons (Fsp3) is 0.231. The van der Waals surface area contributed by atoms with Crippen LogP contribution < -0.4 is 5.32 Å². The summed E-state index contributed by atoms with van der Waals surface area (Å²) in [6, 6.07) is 9.89. The van der Waals surface area contributed by atoms with Crippen LogP contribution in [0.15, 0.2) is 30.3 Å². The van der Waals surface area contributed by atoms with Crippen molar-refractivity contribution in [1.29, 1.82) is 0 Å². The Kier molecular flexibility index (Phi) is 4.93. The fourth-order valence-electron chi connectivity index (χ4n) is 1.78. The summed E-state index contributed by atoms with van der Waals surface area (Å²) in [5, 5.41) is 4.44. The lowest BCUT2D eigenvalue weighted by Gasteiger charge is -2.16. The second-order valence-corrected chi connectivity index (χ2v) is 6.54. The first-order valence-corrected chi connectivity index (χ1v) is 7.41. The van der Waals surface area contributed by atoms with Crippen molar-refractivity contribution < 1.29 is 0 Å². The molecule has 18 heavy (non-hydrogen) atoms. The van der Waals surface area contributed by atoms with Crippen molar-refractivity contribution in [2.75, 3.05) is 7.05 Å². The Hall–Kier alpha value is -0.250. The Balaban J connectivity index is 2.19. The molecule has 0 aliphatic heterocycles. The molecule has 0 amide bonds. The molecular formula is C13H12Cl3NS. The van der Waals surface area contributed by atoms with Gasteiger partial charge in [-0.1, -0.05) is 40.9 Å². The lowest BCUT2D eigenvalue weighted by Crippen LogP contribution is -2.18. The fourth-order valence-corrected chi connectivity index (χ4v) is 3.22. The highest BCUT2D eigenvalue weighted by Gasteiger charge is 2.12. The van der Waals surface area contributed by atoms with E-state index >= 15 is 0 Å². The SMILES string of the molecule is CNC(Cc1ccc(Cl)s1)c1ccc(Cl)c(Cl)c1. The standard InChI is InChI=1S/C13H12Cl3NS/c1-17-12(7-9-3-5-13(16)18-9)8-2-4-10(14)11(15)6-8/h2-6,12,17H,7H2,1H3. The number of thiophene rings is 1. The van der Waals surface area contributed by atoms with E-state index in [0.29, 0.717) is 10.0 Å². The molecule has 1 N–H and O–H groups in total. The molecule has 0 fully saturated rings. The maximum atomic E-state index is 6.04. The molecular weight excluding hydrogens is 309 g/mol. The van der Waals surface area contributed by atoms with Crippen molar-refractivity contribution in [2.45, 2.75) is 12.5 Å². The highest BCUT2D eigenvalue weighted by Crippen LogP contribution is 2.29. The average molecular weight is 321 g/mol. The quantitative estimate of drug-likeness (QED) is 0.815. The summed E-state index contributed by atoms with van der Waals surface area (Å²) >= 11 is 19.5. The van der Waals surface area contributed by atoms with Gasteiger partial charge < -0.3 is 5.32 Å². The summed E-state index contributed by atoms with van der Waals surface area (Å²) in [5.41, 5.74) is 1.12. The Morgan fingerprint density at radius 2 is 1.89 bits per heavy atom. The van der Waals surface area contributed by atoms with E-state index in [2.05, 4.69) is 11.4 Å². The third-order valence-corrected chi connectivity index (χ3v) is 4.72. The summed E-state index contributed by atoms with van der Waals surface area (Å²) in [4.78, 5) is 1.24. The van der Waals surface area contributed by atoms with Gasteiger partial charge >= 0.3 is 0 Å². The first-order chi connectivity index (χ1) is 8.60. The normalized spacial score (nSPS) is 12.7. The minimum atomic E-state index is 0.203. The summed E-state index contributed by atoms with van der Waals surface area (Å²) < 4.78 is 0.814. The maximum Gasteiger partial charge on any atom is 0.0931 e. The number of halogens is 3. The van der Waals surface area contributed by atoms with Crippen LogP contribution in [0.2, 0.25) is 14.4 Å². The number of rotatable bonds is 4. The molecule has 1 heterocycles. The molecule has 96 valence electrons. The van der Waals surface area contributed by atoms with Crippen molar-refractivity contribution in [3.8, 4) is 0 Å². The summed E-state index contributed by atoms with van der Waals surface area (Å²) in [6.45, 7) is 0. The molecule has 0 saturated carbocycles. The van der Waals surface area contributed by atoms with Gasteiger partial charge in [0.25, 0.3) is 0 Å². The lowest BCUT2D eigenvalue weighted by molar-refractivity contribution is 0.596. The van der Waals surface area contributed by atoms with Gasteiger partial charge in [-0.15, -0.1) is 11.3 Å². The molecule has 1 aromatic carbocycles. The third kappa shape index (κ3) is 3.40. The Bertz CT molecular complexity index is 539. The maximum absolute atomic E-state index is 6.04. The van der Waals surface area contributed by atoms with Crippen LogP contribution in [-0.4, -0.2) is 7.05 Å². The van der Waals surface area contributed by atoms with Crippen molar-refractivity contribution in [1.82, 2.24) is 5.32 Å². The second-order valence-electron chi connectivity index (χ2n) is 3.92. The van der Waals surface area contributed by atoms with Crippen LogP contribution in [0, 0.1) is 0 Å². The predicted octanol–water partition coefficient (Wildman–Crippen LogP) is 5.21. The highest BCUT2D eigenvalue weighted by atomic mass is 35.5. The van der Waals surface area contributed by atoms with Crippen LogP contribution in [0.3, 0.4) is 0 Å². The van der Waals surface area contributed by atoms with Gasteiger partial charge in [0.15, 0.2) is 0 Å². The van der Waals surface area contributed by atoms with Crippen molar-refractivity contribution in [2.24, 2.45) is 0 Å². The summed E-state index contributed by atoms with van der Waals surface area (Å²) in [6.07, 6.45) is 0.881. The minimum absolute atomic E-state index is 0.203. The largest absolute Gasteiger partial charge is 0.313 e. The molecule has 1 aromatic heterocycles. The Morgan fingerprint density at radius 1 is 1.11 bits per heavy atom. The first kappa shape index (κ1) is 14.2. The first-order valence-electron chi connectivity index (χ1n) is 5.46. The number of hydrogen-bond donors (Lipinski definition) is 1. The number of benzene rings is 1. The van der Waals surface area contributed by atoms with E-state index in [0.717, 1.165) is 16.3 Å². The predicted molar refractivity (Wildman–Crippen MR) is 81.3 cm³/mol. The van der Waals surface area contributed by atoms with Crippen molar-refractivity contribution in [3.05, 3.63) is 55.2 Å². The molecule has 1 nitrogen and oxygen atoms in total. The van der Waals surface area contributed by atoms with E-state index in [-0.39, 0.29) is 6.04 Å². The smallest absolute Gasteiger partial charge is 0.0931 e. The molecule has 0 radical (unpaired) electrons. The lowest BCUT2D eigenvalue weighted by atomic mass is 10.0. The number of hydrogen-bond acceptors (Lipinski definition) is 2. The van der Waals surface area contributed by atoms with Crippen molar-refractivity contribution >= 4 is 46.1 Å². The van der Waals surface area contributed by atoms with Gasteiger partial charge in [0.1, 0.15) is 0 Å². The molecule has 1 atom stereocenters. The van der Waals surface area contributed by atoms with E-state index in [1.54, 1.807) is 11.3 Å². The van der Waals surface area contributed by atoms with Gasteiger partial charge in [0.05, 0.1) is 14.4 Å². The number of nitrogens with one attached hydrogen (secondary N) is 1. The van der Waals surface area contributed by atoms with E-state index in [4.69, 9.17) is 34.8 Å². The van der Waals surface area contributed by atoms with Crippen molar-refractivity contribution in [3.63, 3.8) is 0 Å². The van der Waals surface area contributed by atoms with Gasteiger partial charge in [-0.05, 0) is 36.9 Å². The topological polar surface area (TPSA) is 12.0 Å². The molecule has 0 saturated heterocycles. The molecule has 1 unspecified atom stereocenters. The van der Waals surface area contributed by atoms with Crippen LogP contribution >= 0.6 is 46.1 Å². The summed E-state index contributed by atoms with van der Waals surface area (Å²) in [5.74, 6) is 0. The zero-order valence-electron chi connectivity index (χ0n) is 9.71. The zero-order valence-corrected chi connectivity index (χ0v) is 12.8. The zero-order chi connectivity index (χ0) is 13.1. The monoisotopic (exact) mass is 319 g/mol. The van der Waals surface area contributed by atoms with E-state index in [9.17, 15) is 0 Å². The third-order valence-electron chi connectivity index (χ3n) is 2.73. The van der Waals surface area contributed by atoms with Gasteiger partial charge in [-0.3, -0.25) is 0 Å². The minimum Gasteiger partial charge on any atom is -0.313 e. The average Bonchev–Trinajstić information content (AvgIpc) is 2.75. The van der Waals surface area contributed by atoms with Gasteiger partial charge in [-0.25, -0.2) is 0 Å². The van der Waals surface area contributed by atoms with E-state index < -0.39 is 0 Å². The van der Waals surface area contributed by atoms with Gasteiger partial charge in [0, 0.05) is 17.3 Å². The summed E-state index contributed by atoms with van der Waals surface area (Å²) in [7, 11) is 1.93. The molecule has 0 bridgehead atoms. The van der Waals surface area contributed by atoms with E-state index in [1.165, 1.54) is 4.88 Å². The number of likely N-dealkylation sites (N-methyl/N-ethyl adjacent to an activating group) is 1. The van der Waals surface area contributed by atoms with Crippen LogP contribution in [-0.2, 0) is 6.42 Å². The molecule has 0 spiro atoms. The molecule has 0 aliphatic rings. The second kappa shape index (κ2) is 6.27. The molecule has 0 aliphatic carbocycles. The molecule has 5 heteroatoms. The van der Waals surface area contributed by atoms with Crippen LogP contribution in [0.4, 0.5) is 0 Å². The van der Waals surface area contributed by atoms with Crippen LogP contribution in [0.1, 0.15) is 16.5 Å². The highest BCUT2D eigenvalue weighted by molar-refractivity contribution is 7.16. The van der Waals surface area contributed by atoms with Crippen LogP contribution in [0.5, 0.6) is 0 Å².